The van der Waals surface area contributed by atoms with Crippen molar-refractivity contribution >= 4 is 13.3 Å². The van der Waals surface area contributed by atoms with Crippen molar-refractivity contribution in [2.75, 3.05) is 0 Å². The van der Waals surface area contributed by atoms with Crippen molar-refractivity contribution < 1.29 is 4.74 Å². The van der Waals surface area contributed by atoms with Gasteiger partial charge in [0.05, 0.1) is 20.3 Å². The Bertz CT molecular complexity index is 424. The molecule has 0 bridgehead atoms. The topological polar surface area (TPSA) is 12.5 Å². The van der Waals surface area contributed by atoms with Gasteiger partial charge in [-0.25, -0.2) is 0 Å². The molecule has 104 valence electrons. The van der Waals surface area contributed by atoms with Gasteiger partial charge in [0.2, 0.25) is 0 Å². The summed E-state index contributed by atoms with van der Waals surface area (Å²) >= 11 is 0. The predicted molar refractivity (Wildman–Crippen MR) is 85.7 cm³/mol. The Morgan fingerprint density at radius 2 is 1.89 bits per heavy atom. The van der Waals surface area contributed by atoms with Gasteiger partial charge in [0.25, 0.3) is 0 Å². The minimum absolute atomic E-state index is 0.517. The Labute approximate surface area is 118 Å². The first-order chi connectivity index (χ1) is 9.03. The van der Waals surface area contributed by atoms with Gasteiger partial charge >= 0.3 is 0 Å². The molecule has 2 heteroatoms. The third-order valence-corrected chi connectivity index (χ3v) is 7.40. The maximum absolute atomic E-state index is 5.60. The van der Waals surface area contributed by atoms with Crippen molar-refractivity contribution in [3.05, 3.63) is 42.5 Å². The average Bonchev–Trinajstić information content (AvgIpc) is 3.16. The van der Waals surface area contributed by atoms with Crippen LogP contribution >= 0.6 is 0 Å². The number of allylic oxidation sites excluding steroid dienone is 1. The maximum atomic E-state index is 5.60. The second-order valence-electron chi connectivity index (χ2n) is 6.34. The zero-order valence-electron chi connectivity index (χ0n) is 12.5. The van der Waals surface area contributed by atoms with Gasteiger partial charge in [-0.2, -0.15) is 0 Å². The predicted octanol–water partition coefficient (Wildman–Crippen LogP) is 4.12. The molecule has 1 fully saturated rings. The van der Waals surface area contributed by atoms with E-state index in [0.717, 1.165) is 19.3 Å². The van der Waals surface area contributed by atoms with Gasteiger partial charge in [-0.3, -0.25) is 0 Å². The minimum Gasteiger partial charge on any atom is -0.370 e. The van der Waals surface area contributed by atoms with E-state index in [-0.39, 0.29) is 0 Å². The van der Waals surface area contributed by atoms with Gasteiger partial charge < -0.3 is 4.74 Å². The number of rotatable bonds is 7. The summed E-state index contributed by atoms with van der Waals surface area (Å²) in [5, 5.41) is 1.53. The van der Waals surface area contributed by atoms with Crippen LogP contribution in [-0.2, 0) is 4.74 Å². The standard InChI is InChI=1S/C17H26OSi/c1-5-16-17(18-16)12-11-14(2)13-19(3,4)15-9-7-6-8-10-15/h6-10,16-17H,2,5,11-13H2,1,3-4H3. The molecule has 1 aromatic carbocycles. The first-order valence-electron chi connectivity index (χ1n) is 7.40. The number of benzene rings is 1. The molecule has 0 aromatic heterocycles. The Morgan fingerprint density at radius 3 is 2.47 bits per heavy atom. The van der Waals surface area contributed by atoms with Crippen molar-refractivity contribution in [2.45, 2.75) is 57.5 Å². The van der Waals surface area contributed by atoms with Crippen molar-refractivity contribution in [3.63, 3.8) is 0 Å². The van der Waals surface area contributed by atoms with Crippen molar-refractivity contribution in [2.24, 2.45) is 0 Å². The Hall–Kier alpha value is -0.863. The third-order valence-electron chi connectivity index (χ3n) is 4.12. The van der Waals surface area contributed by atoms with E-state index in [1.807, 2.05) is 0 Å². The lowest BCUT2D eigenvalue weighted by atomic mass is 10.1. The fraction of sp³-hybridized carbons (Fsp3) is 0.529. The molecular formula is C17H26OSi. The second-order valence-corrected chi connectivity index (χ2v) is 11.0. The summed E-state index contributed by atoms with van der Waals surface area (Å²) in [6.07, 6.45) is 4.50. The molecule has 1 aliphatic rings. The van der Waals surface area contributed by atoms with Crippen LogP contribution in [0, 0.1) is 0 Å². The average molecular weight is 274 g/mol. The van der Waals surface area contributed by atoms with E-state index < -0.39 is 8.07 Å². The quantitative estimate of drug-likeness (QED) is 0.414. The lowest BCUT2D eigenvalue weighted by Gasteiger charge is -2.24. The van der Waals surface area contributed by atoms with Crippen molar-refractivity contribution in [1.29, 1.82) is 0 Å². The molecule has 1 heterocycles. The van der Waals surface area contributed by atoms with Gasteiger partial charge in [-0.1, -0.05) is 61.1 Å². The molecule has 0 amide bonds. The Kier molecular flexibility index (Phi) is 4.64. The van der Waals surface area contributed by atoms with Crippen LogP contribution in [0.3, 0.4) is 0 Å². The number of hydrogen-bond donors (Lipinski definition) is 0. The summed E-state index contributed by atoms with van der Waals surface area (Å²) < 4.78 is 5.60. The second kappa shape index (κ2) is 6.06. The lowest BCUT2D eigenvalue weighted by molar-refractivity contribution is 0.359. The van der Waals surface area contributed by atoms with Crippen LogP contribution < -0.4 is 5.19 Å². The molecule has 1 nitrogen and oxygen atoms in total. The zero-order chi connectivity index (χ0) is 13.9. The molecule has 0 N–H and O–H groups in total. The first kappa shape index (κ1) is 14.5. The highest BCUT2D eigenvalue weighted by Gasteiger charge is 2.36. The van der Waals surface area contributed by atoms with Gasteiger partial charge in [0.1, 0.15) is 0 Å². The molecule has 1 aromatic rings. The molecule has 0 aliphatic carbocycles. The molecule has 0 spiro atoms. The summed E-state index contributed by atoms with van der Waals surface area (Å²) in [5.74, 6) is 0. The largest absolute Gasteiger partial charge is 0.370 e. The third kappa shape index (κ3) is 4.05. The summed E-state index contributed by atoms with van der Waals surface area (Å²) in [5.41, 5.74) is 1.41. The monoisotopic (exact) mass is 274 g/mol. The fourth-order valence-electron chi connectivity index (χ4n) is 2.84. The fourth-order valence-corrected chi connectivity index (χ4v) is 5.57. The molecule has 0 saturated carbocycles. The Morgan fingerprint density at radius 1 is 1.21 bits per heavy atom. The first-order valence-corrected chi connectivity index (χ1v) is 10.6. The highest BCUT2D eigenvalue weighted by molar-refractivity contribution is 6.90. The van der Waals surface area contributed by atoms with Crippen LogP contribution in [0.5, 0.6) is 0 Å². The van der Waals surface area contributed by atoms with Crippen LogP contribution in [0.2, 0.25) is 19.1 Å². The summed E-state index contributed by atoms with van der Waals surface area (Å²) in [4.78, 5) is 0. The highest BCUT2D eigenvalue weighted by atomic mass is 28.3. The van der Waals surface area contributed by atoms with Gasteiger partial charge in [-0.15, -0.1) is 6.58 Å². The molecule has 2 unspecified atom stereocenters. The van der Waals surface area contributed by atoms with Crippen LogP contribution in [0.1, 0.15) is 26.2 Å². The maximum Gasteiger partial charge on any atom is 0.0845 e. The molecular weight excluding hydrogens is 248 g/mol. The van der Waals surface area contributed by atoms with E-state index in [2.05, 4.69) is 56.9 Å². The van der Waals surface area contributed by atoms with Crippen LogP contribution in [0.25, 0.3) is 0 Å². The smallest absolute Gasteiger partial charge is 0.0845 e. The molecule has 0 radical (unpaired) electrons. The zero-order valence-corrected chi connectivity index (χ0v) is 13.5. The normalized spacial score (nSPS) is 22.3. The van der Waals surface area contributed by atoms with Crippen molar-refractivity contribution in [3.8, 4) is 0 Å². The van der Waals surface area contributed by atoms with E-state index in [4.69, 9.17) is 4.74 Å². The van der Waals surface area contributed by atoms with Crippen molar-refractivity contribution in [1.82, 2.24) is 0 Å². The molecule has 2 rings (SSSR count). The molecule has 2 atom stereocenters. The van der Waals surface area contributed by atoms with Gasteiger partial charge in [0.15, 0.2) is 0 Å². The molecule has 1 aliphatic heterocycles. The van der Waals surface area contributed by atoms with E-state index in [9.17, 15) is 0 Å². The van der Waals surface area contributed by atoms with E-state index in [1.165, 1.54) is 16.8 Å². The number of epoxide rings is 1. The van der Waals surface area contributed by atoms with Gasteiger partial charge in [0, 0.05) is 0 Å². The SMILES string of the molecule is C=C(CCC1OC1CC)C[Si](C)(C)c1ccccc1. The summed E-state index contributed by atoms with van der Waals surface area (Å²) in [6, 6.07) is 12.1. The van der Waals surface area contributed by atoms with E-state index in [1.54, 1.807) is 0 Å². The van der Waals surface area contributed by atoms with E-state index in [0.29, 0.717) is 12.2 Å². The number of hydrogen-bond acceptors (Lipinski definition) is 1. The van der Waals surface area contributed by atoms with Crippen LogP contribution in [0.15, 0.2) is 42.5 Å². The molecule has 1 saturated heterocycles. The van der Waals surface area contributed by atoms with Crippen LogP contribution in [0.4, 0.5) is 0 Å². The minimum atomic E-state index is -1.36. The Balaban J connectivity index is 1.81. The molecule has 19 heavy (non-hydrogen) atoms. The summed E-state index contributed by atoms with van der Waals surface area (Å²) in [7, 11) is -1.36. The lowest BCUT2D eigenvalue weighted by Crippen LogP contribution is -2.41. The van der Waals surface area contributed by atoms with Gasteiger partial charge in [-0.05, 0) is 25.3 Å². The van der Waals surface area contributed by atoms with Crippen LogP contribution in [-0.4, -0.2) is 20.3 Å². The van der Waals surface area contributed by atoms with E-state index >= 15 is 0 Å². The number of ether oxygens (including phenoxy) is 1. The highest BCUT2D eigenvalue weighted by Crippen LogP contribution is 2.31. The summed E-state index contributed by atoms with van der Waals surface area (Å²) in [6.45, 7) is 11.4.